The SMILES string of the molecule is CCCOC(=O)N(CCCN(C)C)C(=O)OCCC. The average Bonchev–Trinajstić information content (AvgIpc) is 2.37. The standard InChI is InChI=1S/C13H26N2O4/c1-5-10-18-12(16)15(9-7-8-14(3)4)13(17)19-11-6-2/h5-11H2,1-4H3. The number of nitrogens with zero attached hydrogens (tertiary/aromatic N) is 2. The Kier molecular flexibility index (Phi) is 9.88. The lowest BCUT2D eigenvalue weighted by Gasteiger charge is -2.20. The lowest BCUT2D eigenvalue weighted by molar-refractivity contribution is 0.0755. The molecule has 0 aliphatic rings. The highest BCUT2D eigenvalue weighted by atomic mass is 16.6. The summed E-state index contributed by atoms with van der Waals surface area (Å²) in [5.74, 6) is 0. The van der Waals surface area contributed by atoms with Gasteiger partial charge < -0.3 is 14.4 Å². The first kappa shape index (κ1) is 17.7. The maximum Gasteiger partial charge on any atom is 0.419 e. The Balaban J connectivity index is 4.35. The molecule has 0 radical (unpaired) electrons. The molecule has 19 heavy (non-hydrogen) atoms. The van der Waals surface area contributed by atoms with Crippen LogP contribution in [0.3, 0.4) is 0 Å². The van der Waals surface area contributed by atoms with Crippen molar-refractivity contribution in [3.8, 4) is 0 Å². The minimum atomic E-state index is -0.623. The van der Waals surface area contributed by atoms with Gasteiger partial charge in [0, 0.05) is 6.54 Å². The topological polar surface area (TPSA) is 59.1 Å². The molecule has 0 spiro atoms. The highest BCUT2D eigenvalue weighted by Crippen LogP contribution is 2.02. The van der Waals surface area contributed by atoms with Crippen molar-refractivity contribution >= 4 is 12.2 Å². The smallest absolute Gasteiger partial charge is 0.419 e. The maximum absolute atomic E-state index is 11.8. The van der Waals surface area contributed by atoms with E-state index in [-0.39, 0.29) is 0 Å². The third-order valence-electron chi connectivity index (χ3n) is 2.29. The molecule has 0 fully saturated rings. The molecule has 6 heteroatoms. The van der Waals surface area contributed by atoms with E-state index in [0.717, 1.165) is 24.3 Å². The van der Waals surface area contributed by atoms with Crippen LogP contribution >= 0.6 is 0 Å². The fourth-order valence-electron chi connectivity index (χ4n) is 1.34. The Morgan fingerprint density at radius 1 is 0.895 bits per heavy atom. The van der Waals surface area contributed by atoms with Crippen molar-refractivity contribution in [3.05, 3.63) is 0 Å². The highest BCUT2D eigenvalue weighted by Gasteiger charge is 2.23. The second-order valence-corrected chi connectivity index (χ2v) is 4.54. The van der Waals surface area contributed by atoms with Gasteiger partial charge in [-0.15, -0.1) is 0 Å². The van der Waals surface area contributed by atoms with E-state index in [4.69, 9.17) is 9.47 Å². The van der Waals surface area contributed by atoms with E-state index in [9.17, 15) is 9.59 Å². The molecule has 0 aliphatic carbocycles. The predicted octanol–water partition coefficient (Wildman–Crippen LogP) is 2.33. The molecule has 0 N–H and O–H groups in total. The Hall–Kier alpha value is -1.30. The van der Waals surface area contributed by atoms with Crippen LogP contribution < -0.4 is 0 Å². The van der Waals surface area contributed by atoms with Gasteiger partial charge in [-0.1, -0.05) is 13.8 Å². The van der Waals surface area contributed by atoms with Crippen LogP contribution in [0.2, 0.25) is 0 Å². The summed E-state index contributed by atoms with van der Waals surface area (Å²) in [6, 6.07) is 0. The van der Waals surface area contributed by atoms with Crippen molar-refractivity contribution in [1.29, 1.82) is 0 Å². The molecule has 0 bridgehead atoms. The molecule has 0 aliphatic heterocycles. The monoisotopic (exact) mass is 274 g/mol. The molecule has 0 aromatic rings. The Morgan fingerprint density at radius 2 is 1.37 bits per heavy atom. The summed E-state index contributed by atoms with van der Waals surface area (Å²) in [6.07, 6.45) is 0.890. The average molecular weight is 274 g/mol. The van der Waals surface area contributed by atoms with Crippen LogP contribution in [0.5, 0.6) is 0 Å². The summed E-state index contributed by atoms with van der Waals surface area (Å²) >= 11 is 0. The van der Waals surface area contributed by atoms with Gasteiger partial charge in [0.05, 0.1) is 13.2 Å². The Labute approximate surface area is 115 Å². The van der Waals surface area contributed by atoms with Gasteiger partial charge in [-0.05, 0) is 39.9 Å². The molecule has 0 rings (SSSR count). The van der Waals surface area contributed by atoms with Crippen LogP contribution in [0.25, 0.3) is 0 Å². The third kappa shape index (κ3) is 8.42. The summed E-state index contributed by atoms with van der Waals surface area (Å²) in [6.45, 7) is 5.52. The summed E-state index contributed by atoms with van der Waals surface area (Å²) in [5.41, 5.74) is 0. The molecular formula is C13H26N2O4. The molecule has 0 heterocycles. The minimum absolute atomic E-state index is 0.309. The lowest BCUT2D eigenvalue weighted by Crippen LogP contribution is -2.39. The van der Waals surface area contributed by atoms with Crippen molar-refractivity contribution in [2.24, 2.45) is 0 Å². The van der Waals surface area contributed by atoms with E-state index < -0.39 is 12.2 Å². The fourth-order valence-corrected chi connectivity index (χ4v) is 1.34. The van der Waals surface area contributed by atoms with Gasteiger partial charge in [-0.2, -0.15) is 0 Å². The number of amides is 2. The number of hydrogen-bond donors (Lipinski definition) is 0. The summed E-state index contributed by atoms with van der Waals surface area (Å²) in [4.78, 5) is 26.6. The quantitative estimate of drug-likeness (QED) is 0.680. The zero-order valence-corrected chi connectivity index (χ0v) is 12.5. The van der Waals surface area contributed by atoms with Gasteiger partial charge in [0.25, 0.3) is 0 Å². The van der Waals surface area contributed by atoms with Crippen LogP contribution in [0, 0.1) is 0 Å². The van der Waals surface area contributed by atoms with Crippen molar-refractivity contribution < 1.29 is 19.1 Å². The van der Waals surface area contributed by atoms with E-state index in [1.165, 1.54) is 0 Å². The summed E-state index contributed by atoms with van der Waals surface area (Å²) in [7, 11) is 3.88. The molecule has 6 nitrogen and oxygen atoms in total. The molecular weight excluding hydrogens is 248 g/mol. The van der Waals surface area contributed by atoms with Crippen LogP contribution in [-0.2, 0) is 9.47 Å². The van der Waals surface area contributed by atoms with Gasteiger partial charge in [0.2, 0.25) is 0 Å². The highest BCUT2D eigenvalue weighted by molar-refractivity contribution is 5.87. The number of ether oxygens (including phenoxy) is 2. The Bertz CT molecular complexity index is 249. The normalized spacial score (nSPS) is 10.4. The number of carbonyl (C=O) groups excluding carboxylic acids is 2. The van der Waals surface area contributed by atoms with E-state index in [0.29, 0.717) is 26.2 Å². The molecule has 2 amide bonds. The van der Waals surface area contributed by atoms with Gasteiger partial charge in [0.1, 0.15) is 0 Å². The van der Waals surface area contributed by atoms with Crippen molar-refractivity contribution in [2.45, 2.75) is 33.1 Å². The fraction of sp³-hybridized carbons (Fsp3) is 0.846. The van der Waals surface area contributed by atoms with Crippen LogP contribution in [0.1, 0.15) is 33.1 Å². The molecule has 0 aromatic carbocycles. The molecule has 0 aromatic heterocycles. The van der Waals surface area contributed by atoms with Crippen molar-refractivity contribution in [2.75, 3.05) is 40.4 Å². The third-order valence-corrected chi connectivity index (χ3v) is 2.29. The van der Waals surface area contributed by atoms with Crippen molar-refractivity contribution in [3.63, 3.8) is 0 Å². The van der Waals surface area contributed by atoms with Gasteiger partial charge in [-0.3, -0.25) is 0 Å². The number of imide groups is 1. The molecule has 0 saturated carbocycles. The largest absolute Gasteiger partial charge is 0.449 e. The first-order valence-corrected chi connectivity index (χ1v) is 6.78. The minimum Gasteiger partial charge on any atom is -0.449 e. The van der Waals surface area contributed by atoms with Crippen LogP contribution in [-0.4, -0.2) is 62.4 Å². The van der Waals surface area contributed by atoms with E-state index in [1.807, 2.05) is 32.8 Å². The molecule has 112 valence electrons. The lowest BCUT2D eigenvalue weighted by atomic mass is 10.4. The second-order valence-electron chi connectivity index (χ2n) is 4.54. The number of carbonyl (C=O) groups is 2. The number of rotatable bonds is 8. The maximum atomic E-state index is 11.8. The van der Waals surface area contributed by atoms with Crippen molar-refractivity contribution in [1.82, 2.24) is 9.80 Å². The molecule has 0 atom stereocenters. The van der Waals surface area contributed by atoms with E-state index in [1.54, 1.807) is 0 Å². The summed E-state index contributed by atoms with van der Waals surface area (Å²) in [5, 5.41) is 0. The van der Waals surface area contributed by atoms with Gasteiger partial charge >= 0.3 is 12.2 Å². The van der Waals surface area contributed by atoms with E-state index >= 15 is 0 Å². The predicted molar refractivity (Wildman–Crippen MR) is 73.2 cm³/mol. The zero-order valence-electron chi connectivity index (χ0n) is 12.5. The second kappa shape index (κ2) is 10.6. The molecule has 0 unspecified atom stereocenters. The zero-order chi connectivity index (χ0) is 14.7. The van der Waals surface area contributed by atoms with Crippen LogP contribution in [0.15, 0.2) is 0 Å². The Morgan fingerprint density at radius 3 is 1.74 bits per heavy atom. The number of hydrogen-bond acceptors (Lipinski definition) is 5. The van der Waals surface area contributed by atoms with Gasteiger partial charge in [-0.25, -0.2) is 14.5 Å². The van der Waals surface area contributed by atoms with Crippen LogP contribution in [0.4, 0.5) is 9.59 Å². The first-order chi connectivity index (χ1) is 9.02. The van der Waals surface area contributed by atoms with Gasteiger partial charge in [0.15, 0.2) is 0 Å². The molecule has 0 saturated heterocycles. The van der Waals surface area contributed by atoms with E-state index in [2.05, 4.69) is 0 Å². The first-order valence-electron chi connectivity index (χ1n) is 6.78. The summed E-state index contributed by atoms with van der Waals surface area (Å²) < 4.78 is 9.97.